The Morgan fingerprint density at radius 3 is 2.83 bits per heavy atom. The van der Waals surface area contributed by atoms with Gasteiger partial charge < -0.3 is 4.74 Å². The highest BCUT2D eigenvalue weighted by Crippen LogP contribution is 2.48. The maximum Gasteiger partial charge on any atom is 0.302 e. The summed E-state index contributed by atoms with van der Waals surface area (Å²) in [4.78, 5) is 10.5. The summed E-state index contributed by atoms with van der Waals surface area (Å²) in [5.74, 6) is 0.555. The first-order valence-corrected chi connectivity index (χ1v) is 4.81. The van der Waals surface area contributed by atoms with E-state index in [-0.39, 0.29) is 11.4 Å². The van der Waals surface area contributed by atoms with Crippen molar-refractivity contribution in [3.8, 4) is 5.40 Å². The number of carbonyl (C=O) groups is 1. The molecule has 0 bridgehead atoms. The van der Waals surface area contributed by atoms with Gasteiger partial charge in [0.25, 0.3) is 0 Å². The van der Waals surface area contributed by atoms with Gasteiger partial charge in [-0.2, -0.15) is 5.26 Å². The number of esters is 1. The molecule has 0 atom stereocenters. The van der Waals surface area contributed by atoms with Crippen LogP contribution in [-0.4, -0.2) is 18.3 Å². The van der Waals surface area contributed by atoms with Crippen LogP contribution in [-0.2, 0) is 9.53 Å². The molecule has 0 heterocycles. The van der Waals surface area contributed by atoms with Gasteiger partial charge >= 0.3 is 5.97 Å². The molecule has 1 rings (SSSR count). The lowest BCUT2D eigenvalue weighted by Crippen LogP contribution is -2.15. The van der Waals surface area contributed by atoms with E-state index < -0.39 is 0 Å². The van der Waals surface area contributed by atoms with Crippen molar-refractivity contribution in [3.63, 3.8) is 0 Å². The van der Waals surface area contributed by atoms with Gasteiger partial charge in [-0.05, 0) is 24.6 Å². The van der Waals surface area contributed by atoms with E-state index in [1.807, 2.05) is 5.40 Å². The lowest BCUT2D eigenvalue weighted by atomic mass is 10.2. The highest BCUT2D eigenvalue weighted by Gasteiger charge is 2.43. The SMILES string of the molecule is CC(=O)OCC1(CSC#N)CC1. The molecule has 0 saturated heterocycles. The number of thiocyanates is 1. The molecule has 66 valence electrons. The van der Waals surface area contributed by atoms with E-state index in [2.05, 4.69) is 0 Å². The van der Waals surface area contributed by atoms with Crippen LogP contribution in [0.1, 0.15) is 19.8 Å². The number of carbonyl (C=O) groups excluding carboxylic acids is 1. The summed E-state index contributed by atoms with van der Waals surface area (Å²) in [7, 11) is 0. The molecule has 0 spiro atoms. The first-order valence-electron chi connectivity index (χ1n) is 3.83. The third kappa shape index (κ3) is 2.74. The summed E-state index contributed by atoms with van der Waals surface area (Å²) in [6.45, 7) is 1.89. The molecule has 0 aliphatic heterocycles. The minimum absolute atomic E-state index is 0.131. The van der Waals surface area contributed by atoms with Gasteiger partial charge in [-0.15, -0.1) is 0 Å². The molecule has 0 aromatic carbocycles. The normalized spacial score (nSPS) is 18.0. The third-order valence-corrected chi connectivity index (χ3v) is 2.87. The summed E-state index contributed by atoms with van der Waals surface area (Å²) in [6, 6.07) is 0. The highest BCUT2D eigenvalue weighted by atomic mass is 32.2. The molecular formula is C8H11NO2S. The second-order valence-corrected chi connectivity index (χ2v) is 3.92. The molecule has 3 nitrogen and oxygen atoms in total. The average Bonchev–Trinajstić information content (AvgIpc) is 2.79. The summed E-state index contributed by atoms with van der Waals surface area (Å²) in [6.07, 6.45) is 2.16. The molecule has 12 heavy (non-hydrogen) atoms. The predicted molar refractivity (Wildman–Crippen MR) is 46.4 cm³/mol. The molecule has 1 aliphatic rings. The average molecular weight is 185 g/mol. The maximum absolute atomic E-state index is 10.5. The van der Waals surface area contributed by atoms with E-state index in [0.29, 0.717) is 6.61 Å². The standard InChI is InChI=1S/C8H11NO2S/c1-7(10)11-4-8(2-3-8)5-12-6-9/h2-5H2,1H3. The van der Waals surface area contributed by atoms with Crippen LogP contribution < -0.4 is 0 Å². The van der Waals surface area contributed by atoms with Crippen LogP contribution in [0.2, 0.25) is 0 Å². The van der Waals surface area contributed by atoms with Crippen LogP contribution in [0, 0.1) is 16.1 Å². The van der Waals surface area contributed by atoms with Crippen molar-refractivity contribution < 1.29 is 9.53 Å². The Balaban J connectivity index is 2.21. The monoisotopic (exact) mass is 185 g/mol. The fourth-order valence-electron chi connectivity index (χ4n) is 0.947. The van der Waals surface area contributed by atoms with Crippen molar-refractivity contribution in [1.29, 1.82) is 5.26 Å². The number of nitriles is 1. The van der Waals surface area contributed by atoms with Gasteiger partial charge in [0.05, 0.1) is 6.61 Å². The van der Waals surface area contributed by atoms with Crippen molar-refractivity contribution in [1.82, 2.24) is 0 Å². The Morgan fingerprint density at radius 1 is 1.75 bits per heavy atom. The number of rotatable bonds is 4. The zero-order valence-electron chi connectivity index (χ0n) is 7.00. The molecule has 4 heteroatoms. The molecule has 0 N–H and O–H groups in total. The second-order valence-electron chi connectivity index (χ2n) is 3.16. The molecule has 1 saturated carbocycles. The minimum atomic E-state index is -0.233. The number of hydrogen-bond donors (Lipinski definition) is 0. The van der Waals surface area contributed by atoms with Crippen LogP contribution >= 0.6 is 11.8 Å². The van der Waals surface area contributed by atoms with Crippen LogP contribution in [0.4, 0.5) is 0 Å². The van der Waals surface area contributed by atoms with Gasteiger partial charge in [-0.1, -0.05) is 0 Å². The Morgan fingerprint density at radius 2 is 2.42 bits per heavy atom. The molecule has 0 aromatic rings. The summed E-state index contributed by atoms with van der Waals surface area (Å²) in [5.41, 5.74) is 0.131. The van der Waals surface area contributed by atoms with Crippen LogP contribution in [0.5, 0.6) is 0 Å². The molecule has 0 aromatic heterocycles. The van der Waals surface area contributed by atoms with Crippen molar-refractivity contribution in [3.05, 3.63) is 0 Å². The largest absolute Gasteiger partial charge is 0.465 e. The second kappa shape index (κ2) is 3.81. The van der Waals surface area contributed by atoms with Gasteiger partial charge in [0.2, 0.25) is 0 Å². The lowest BCUT2D eigenvalue weighted by molar-refractivity contribution is -0.142. The Hall–Kier alpha value is -0.690. The zero-order chi connectivity index (χ0) is 9.03. The smallest absolute Gasteiger partial charge is 0.302 e. The van der Waals surface area contributed by atoms with E-state index in [9.17, 15) is 4.79 Å². The maximum atomic E-state index is 10.5. The van der Waals surface area contributed by atoms with Crippen molar-refractivity contribution in [2.45, 2.75) is 19.8 Å². The minimum Gasteiger partial charge on any atom is -0.465 e. The molecular weight excluding hydrogens is 174 g/mol. The predicted octanol–water partition coefficient (Wildman–Crippen LogP) is 1.54. The van der Waals surface area contributed by atoms with E-state index in [1.54, 1.807) is 0 Å². The summed E-state index contributed by atoms with van der Waals surface area (Å²) in [5, 5.41) is 10.4. The van der Waals surface area contributed by atoms with Gasteiger partial charge in [0.1, 0.15) is 5.40 Å². The third-order valence-electron chi connectivity index (χ3n) is 1.98. The van der Waals surface area contributed by atoms with E-state index >= 15 is 0 Å². The summed E-state index contributed by atoms with van der Waals surface area (Å²) < 4.78 is 4.90. The lowest BCUT2D eigenvalue weighted by Gasteiger charge is -2.11. The van der Waals surface area contributed by atoms with Gasteiger partial charge in [-0.3, -0.25) is 4.79 Å². The fourth-order valence-corrected chi connectivity index (χ4v) is 1.69. The number of nitrogens with zero attached hydrogens (tertiary/aromatic N) is 1. The van der Waals surface area contributed by atoms with E-state index in [0.717, 1.165) is 18.6 Å². The quantitative estimate of drug-likeness (QED) is 0.492. The summed E-state index contributed by atoms with van der Waals surface area (Å²) >= 11 is 1.24. The Bertz CT molecular complexity index is 218. The van der Waals surface area contributed by atoms with Crippen molar-refractivity contribution in [2.75, 3.05) is 12.4 Å². The molecule has 0 radical (unpaired) electrons. The van der Waals surface area contributed by atoms with Crippen LogP contribution in [0.15, 0.2) is 0 Å². The first-order chi connectivity index (χ1) is 5.68. The van der Waals surface area contributed by atoms with Gasteiger partial charge in [-0.25, -0.2) is 0 Å². The van der Waals surface area contributed by atoms with Gasteiger partial charge in [0.15, 0.2) is 0 Å². The number of ether oxygens (including phenoxy) is 1. The Kier molecular flexibility index (Phi) is 2.99. The zero-order valence-corrected chi connectivity index (χ0v) is 7.82. The van der Waals surface area contributed by atoms with Crippen LogP contribution in [0.3, 0.4) is 0 Å². The van der Waals surface area contributed by atoms with E-state index in [1.165, 1.54) is 18.7 Å². The van der Waals surface area contributed by atoms with Gasteiger partial charge in [0, 0.05) is 18.1 Å². The fraction of sp³-hybridized carbons (Fsp3) is 0.750. The Labute approximate surface area is 76.1 Å². The topological polar surface area (TPSA) is 50.1 Å². The molecule has 1 fully saturated rings. The molecule has 0 amide bonds. The highest BCUT2D eigenvalue weighted by molar-refractivity contribution is 8.03. The van der Waals surface area contributed by atoms with Crippen LogP contribution in [0.25, 0.3) is 0 Å². The number of thioether (sulfide) groups is 1. The number of hydrogen-bond acceptors (Lipinski definition) is 4. The van der Waals surface area contributed by atoms with Crippen molar-refractivity contribution >= 4 is 17.7 Å². The van der Waals surface area contributed by atoms with E-state index in [4.69, 9.17) is 10.00 Å². The molecule has 0 unspecified atom stereocenters. The molecule has 1 aliphatic carbocycles. The first kappa shape index (κ1) is 9.40. The van der Waals surface area contributed by atoms with Crippen molar-refractivity contribution in [2.24, 2.45) is 5.41 Å².